The lowest BCUT2D eigenvalue weighted by molar-refractivity contribution is 0.117. The Bertz CT molecular complexity index is 311. The normalized spacial score (nSPS) is 10.9. The number of ether oxygens (including phenoxy) is 1. The smallest absolute Gasteiger partial charge is 0.316 e. The van der Waals surface area contributed by atoms with Gasteiger partial charge in [-0.2, -0.15) is 0 Å². The summed E-state index contributed by atoms with van der Waals surface area (Å²) in [5.41, 5.74) is 0. The van der Waals surface area contributed by atoms with Crippen LogP contribution in [0.15, 0.2) is 0 Å². The van der Waals surface area contributed by atoms with E-state index in [0.717, 1.165) is 32.4 Å². The predicted molar refractivity (Wildman–Crippen MR) is 122 cm³/mol. The molecule has 4 nitrogen and oxygen atoms in total. The molecule has 0 radical (unpaired) electrons. The fraction of sp³-hybridized carbons (Fsp3) is 0.958. The van der Waals surface area contributed by atoms with Crippen LogP contribution in [0.2, 0.25) is 0 Å². The first-order chi connectivity index (χ1) is 13.8. The summed E-state index contributed by atoms with van der Waals surface area (Å²) in [5.74, 6) is 0. The van der Waals surface area contributed by atoms with Gasteiger partial charge in [0.05, 0.1) is 0 Å². The lowest BCUT2D eigenvalue weighted by Gasteiger charge is -2.08. The van der Waals surface area contributed by atoms with Crippen molar-refractivity contribution < 1.29 is 9.53 Å². The molecule has 0 aromatic carbocycles. The van der Waals surface area contributed by atoms with Crippen molar-refractivity contribution in [2.24, 2.45) is 0 Å². The first-order valence-electron chi connectivity index (χ1n) is 12.4. The van der Waals surface area contributed by atoms with Gasteiger partial charge >= 0.3 is 6.03 Å². The van der Waals surface area contributed by atoms with Gasteiger partial charge in [0, 0.05) is 13.2 Å². The van der Waals surface area contributed by atoms with Crippen molar-refractivity contribution >= 4 is 6.03 Å². The quantitative estimate of drug-likeness (QED) is 0.148. The zero-order valence-electron chi connectivity index (χ0n) is 19.2. The number of rotatable bonds is 22. The third-order valence-electron chi connectivity index (χ3n) is 5.29. The first kappa shape index (κ1) is 27.2. The maximum Gasteiger partial charge on any atom is 0.316 e. The molecule has 0 heterocycles. The number of urea groups is 1. The average molecular weight is 399 g/mol. The highest BCUT2D eigenvalue weighted by Gasteiger charge is 1.98. The molecule has 0 saturated carbocycles. The standard InChI is InChI=1S/C24H50N2O2/c1-3-5-7-8-9-10-11-12-13-14-15-16-17-18-19-20-21-25-24(27)26-23-28-22-6-4-2/h3-23H2,1-2H3,(H2,25,26,27). The van der Waals surface area contributed by atoms with Crippen molar-refractivity contribution in [2.75, 3.05) is 19.9 Å². The molecule has 0 aliphatic carbocycles. The van der Waals surface area contributed by atoms with Gasteiger partial charge in [0.2, 0.25) is 0 Å². The third kappa shape index (κ3) is 23.3. The van der Waals surface area contributed by atoms with E-state index in [1.807, 2.05) is 0 Å². The van der Waals surface area contributed by atoms with E-state index < -0.39 is 0 Å². The monoisotopic (exact) mass is 398 g/mol. The van der Waals surface area contributed by atoms with E-state index in [1.165, 1.54) is 96.3 Å². The molecule has 0 fully saturated rings. The van der Waals surface area contributed by atoms with Crippen molar-refractivity contribution in [1.29, 1.82) is 0 Å². The lowest BCUT2D eigenvalue weighted by Crippen LogP contribution is -2.37. The number of hydrogen-bond acceptors (Lipinski definition) is 2. The summed E-state index contributed by atoms with van der Waals surface area (Å²) >= 11 is 0. The molecule has 0 aliphatic heterocycles. The van der Waals surface area contributed by atoms with Crippen LogP contribution >= 0.6 is 0 Å². The van der Waals surface area contributed by atoms with Crippen LogP contribution < -0.4 is 10.6 Å². The van der Waals surface area contributed by atoms with Gasteiger partial charge in [-0.25, -0.2) is 4.79 Å². The van der Waals surface area contributed by atoms with E-state index >= 15 is 0 Å². The van der Waals surface area contributed by atoms with Crippen LogP contribution in [-0.4, -0.2) is 25.9 Å². The minimum absolute atomic E-state index is 0.113. The Balaban J connectivity index is 3.09. The van der Waals surface area contributed by atoms with Gasteiger partial charge in [-0.1, -0.05) is 117 Å². The number of carbonyl (C=O) groups excluding carboxylic acids is 1. The Labute approximate surface area is 176 Å². The molecule has 0 aromatic rings. The van der Waals surface area contributed by atoms with Gasteiger partial charge in [-0.3, -0.25) is 0 Å². The molecule has 0 saturated heterocycles. The van der Waals surface area contributed by atoms with Gasteiger partial charge in [0.25, 0.3) is 0 Å². The first-order valence-corrected chi connectivity index (χ1v) is 12.4. The highest BCUT2D eigenvalue weighted by atomic mass is 16.5. The zero-order chi connectivity index (χ0) is 20.5. The van der Waals surface area contributed by atoms with E-state index in [1.54, 1.807) is 0 Å². The zero-order valence-corrected chi connectivity index (χ0v) is 19.2. The maximum absolute atomic E-state index is 11.5. The van der Waals surface area contributed by atoms with Crippen molar-refractivity contribution in [3.63, 3.8) is 0 Å². The second-order valence-electron chi connectivity index (χ2n) is 8.14. The number of nitrogens with one attached hydrogen (secondary N) is 2. The molecule has 168 valence electrons. The van der Waals surface area contributed by atoms with Crippen LogP contribution in [0.4, 0.5) is 4.79 Å². The van der Waals surface area contributed by atoms with Crippen LogP contribution in [0.1, 0.15) is 129 Å². The Morgan fingerprint density at radius 3 is 1.46 bits per heavy atom. The molecule has 0 aromatic heterocycles. The van der Waals surface area contributed by atoms with Crippen molar-refractivity contribution in [1.82, 2.24) is 10.6 Å². The van der Waals surface area contributed by atoms with E-state index in [-0.39, 0.29) is 6.03 Å². The second kappa shape index (κ2) is 24.3. The summed E-state index contributed by atoms with van der Waals surface area (Å²) in [6.07, 6.45) is 24.1. The summed E-state index contributed by atoms with van der Waals surface area (Å²) in [6, 6.07) is -0.113. The van der Waals surface area contributed by atoms with E-state index in [2.05, 4.69) is 24.5 Å². The van der Waals surface area contributed by atoms with Crippen molar-refractivity contribution in [3.05, 3.63) is 0 Å². The molecule has 0 rings (SSSR count). The highest BCUT2D eigenvalue weighted by Crippen LogP contribution is 2.13. The molecule has 2 amide bonds. The summed E-state index contributed by atoms with van der Waals surface area (Å²) in [4.78, 5) is 11.5. The predicted octanol–water partition coefficient (Wildman–Crippen LogP) is 7.32. The van der Waals surface area contributed by atoms with Gasteiger partial charge in [-0.05, 0) is 12.8 Å². The molecule has 28 heavy (non-hydrogen) atoms. The molecule has 2 N–H and O–H groups in total. The van der Waals surface area contributed by atoms with E-state index in [4.69, 9.17) is 4.74 Å². The molecule has 4 heteroatoms. The number of carbonyl (C=O) groups is 1. The Morgan fingerprint density at radius 1 is 0.571 bits per heavy atom. The maximum atomic E-state index is 11.5. The summed E-state index contributed by atoms with van der Waals surface area (Å²) < 4.78 is 5.31. The van der Waals surface area contributed by atoms with Crippen LogP contribution in [0, 0.1) is 0 Å². The molecular weight excluding hydrogens is 348 g/mol. The summed E-state index contributed by atoms with van der Waals surface area (Å²) in [6.45, 7) is 6.20. The molecule has 0 bridgehead atoms. The molecule has 0 unspecified atom stereocenters. The van der Waals surface area contributed by atoms with Gasteiger partial charge in [0.15, 0.2) is 0 Å². The van der Waals surface area contributed by atoms with Crippen molar-refractivity contribution in [3.8, 4) is 0 Å². The SMILES string of the molecule is CCCCCCCCCCCCCCCCCCNC(=O)NCOCCCC. The van der Waals surface area contributed by atoms with Crippen LogP contribution in [0.5, 0.6) is 0 Å². The van der Waals surface area contributed by atoms with Crippen molar-refractivity contribution in [2.45, 2.75) is 129 Å². The molecule has 0 spiro atoms. The average Bonchev–Trinajstić information content (AvgIpc) is 2.70. The summed E-state index contributed by atoms with van der Waals surface area (Å²) in [5, 5.41) is 5.62. The fourth-order valence-corrected chi connectivity index (χ4v) is 3.37. The summed E-state index contributed by atoms with van der Waals surface area (Å²) in [7, 11) is 0. The third-order valence-corrected chi connectivity index (χ3v) is 5.29. The van der Waals surface area contributed by atoms with E-state index in [0.29, 0.717) is 6.73 Å². The number of unbranched alkanes of at least 4 members (excludes halogenated alkanes) is 16. The van der Waals surface area contributed by atoms with Crippen LogP contribution in [0.3, 0.4) is 0 Å². The van der Waals surface area contributed by atoms with Gasteiger partial charge < -0.3 is 15.4 Å². The molecule has 0 atom stereocenters. The highest BCUT2D eigenvalue weighted by molar-refractivity contribution is 5.73. The Morgan fingerprint density at radius 2 is 1.00 bits per heavy atom. The number of hydrogen-bond donors (Lipinski definition) is 2. The second-order valence-corrected chi connectivity index (χ2v) is 8.14. The number of amides is 2. The van der Waals surface area contributed by atoms with Gasteiger partial charge in [0.1, 0.15) is 6.73 Å². The van der Waals surface area contributed by atoms with Gasteiger partial charge in [-0.15, -0.1) is 0 Å². The van der Waals surface area contributed by atoms with E-state index in [9.17, 15) is 4.79 Å². The lowest BCUT2D eigenvalue weighted by atomic mass is 10.0. The molecular formula is C24H50N2O2. The minimum Gasteiger partial charge on any atom is -0.361 e. The fourth-order valence-electron chi connectivity index (χ4n) is 3.37. The topological polar surface area (TPSA) is 50.4 Å². The Kier molecular flexibility index (Phi) is 23.6. The van der Waals surface area contributed by atoms with Crippen LogP contribution in [-0.2, 0) is 4.74 Å². The van der Waals surface area contributed by atoms with Crippen LogP contribution in [0.25, 0.3) is 0 Å². The Hall–Kier alpha value is -0.770. The minimum atomic E-state index is -0.113. The molecule has 0 aliphatic rings. The largest absolute Gasteiger partial charge is 0.361 e.